The van der Waals surface area contributed by atoms with Crippen molar-refractivity contribution in [2.45, 2.75) is 32.4 Å². The molecule has 0 heterocycles. The molecule has 18 heavy (non-hydrogen) atoms. The van der Waals surface area contributed by atoms with Crippen LogP contribution in [0.4, 0.5) is 0 Å². The Morgan fingerprint density at radius 1 is 0.833 bits per heavy atom. The molecule has 1 N–H and O–H groups in total. The minimum Gasteiger partial charge on any atom is -0.310 e. The fourth-order valence-corrected chi connectivity index (χ4v) is 2.12. The zero-order chi connectivity index (χ0) is 12.6. The van der Waals surface area contributed by atoms with E-state index in [1.54, 1.807) is 0 Å². The van der Waals surface area contributed by atoms with E-state index in [1.165, 1.54) is 11.1 Å². The summed E-state index contributed by atoms with van der Waals surface area (Å²) in [4.78, 5) is 0. The number of hydrogen-bond acceptors (Lipinski definition) is 1. The zero-order valence-electron chi connectivity index (χ0n) is 11.0. The molecule has 0 aliphatic heterocycles. The number of nitrogens with one attached hydrogen (secondary N) is 1. The molecule has 0 aromatic heterocycles. The number of hydrogen-bond donors (Lipinski definition) is 1. The molecule has 1 atom stereocenters. The van der Waals surface area contributed by atoms with Crippen LogP contribution in [0.5, 0.6) is 0 Å². The number of benzene rings is 2. The molecule has 2 rings (SSSR count). The first-order valence-corrected chi connectivity index (χ1v) is 6.69. The van der Waals surface area contributed by atoms with Gasteiger partial charge >= 0.3 is 0 Å². The maximum absolute atomic E-state index is 3.63. The lowest BCUT2D eigenvalue weighted by atomic mass is 10.0. The van der Waals surface area contributed by atoms with Gasteiger partial charge in [-0.3, -0.25) is 0 Å². The smallest absolute Gasteiger partial charge is 0.0208 e. The topological polar surface area (TPSA) is 12.0 Å². The summed E-state index contributed by atoms with van der Waals surface area (Å²) in [6.45, 7) is 3.19. The lowest BCUT2D eigenvalue weighted by Gasteiger charge is -2.17. The summed E-state index contributed by atoms with van der Waals surface area (Å²) >= 11 is 0. The van der Waals surface area contributed by atoms with E-state index in [0.29, 0.717) is 6.04 Å². The highest BCUT2D eigenvalue weighted by Crippen LogP contribution is 2.07. The third kappa shape index (κ3) is 4.01. The molecule has 0 aliphatic rings. The molecule has 94 valence electrons. The maximum Gasteiger partial charge on any atom is 0.0208 e. The van der Waals surface area contributed by atoms with Gasteiger partial charge in [0.25, 0.3) is 0 Å². The molecule has 0 fully saturated rings. The van der Waals surface area contributed by atoms with Crippen LogP contribution in [0.1, 0.15) is 24.5 Å². The van der Waals surface area contributed by atoms with E-state index in [4.69, 9.17) is 0 Å². The van der Waals surface area contributed by atoms with Gasteiger partial charge in [0.1, 0.15) is 0 Å². The van der Waals surface area contributed by atoms with Crippen LogP contribution in [-0.2, 0) is 13.0 Å². The highest BCUT2D eigenvalue weighted by atomic mass is 14.9. The Morgan fingerprint density at radius 2 is 1.39 bits per heavy atom. The summed E-state index contributed by atoms with van der Waals surface area (Å²) in [6.07, 6.45) is 2.26. The Morgan fingerprint density at radius 3 is 1.94 bits per heavy atom. The Balaban J connectivity index is 1.86. The van der Waals surface area contributed by atoms with Crippen molar-refractivity contribution in [3.05, 3.63) is 71.8 Å². The first-order valence-electron chi connectivity index (χ1n) is 6.69. The Bertz CT molecular complexity index is 436. The van der Waals surface area contributed by atoms with Gasteiger partial charge in [-0.2, -0.15) is 0 Å². The predicted molar refractivity (Wildman–Crippen MR) is 77.5 cm³/mol. The monoisotopic (exact) mass is 239 g/mol. The minimum absolute atomic E-state index is 0.549. The van der Waals surface area contributed by atoms with Gasteiger partial charge in [0.2, 0.25) is 0 Å². The summed E-state index contributed by atoms with van der Waals surface area (Å²) in [5.74, 6) is 0. The lowest BCUT2D eigenvalue weighted by Crippen LogP contribution is -2.29. The molecule has 1 unspecified atom stereocenters. The third-order valence-corrected chi connectivity index (χ3v) is 3.26. The van der Waals surface area contributed by atoms with Gasteiger partial charge in [-0.05, 0) is 24.0 Å². The summed E-state index contributed by atoms with van der Waals surface area (Å²) in [6, 6.07) is 21.8. The molecule has 0 saturated heterocycles. The van der Waals surface area contributed by atoms with E-state index in [-0.39, 0.29) is 0 Å². The largest absolute Gasteiger partial charge is 0.310 e. The highest BCUT2D eigenvalue weighted by Gasteiger charge is 2.06. The molecule has 0 amide bonds. The fraction of sp³-hybridized carbons (Fsp3) is 0.294. The normalized spacial score (nSPS) is 12.3. The Kier molecular flexibility index (Phi) is 4.98. The molecule has 0 spiro atoms. The molecule has 1 heteroatoms. The first kappa shape index (κ1) is 12.8. The second kappa shape index (κ2) is 6.97. The van der Waals surface area contributed by atoms with Gasteiger partial charge in [-0.15, -0.1) is 0 Å². The highest BCUT2D eigenvalue weighted by molar-refractivity contribution is 5.17. The van der Waals surface area contributed by atoms with Crippen molar-refractivity contribution in [3.8, 4) is 0 Å². The van der Waals surface area contributed by atoms with Crippen molar-refractivity contribution < 1.29 is 0 Å². The van der Waals surface area contributed by atoms with Crippen LogP contribution in [0.15, 0.2) is 60.7 Å². The molecule has 2 aromatic carbocycles. The molecular weight excluding hydrogens is 218 g/mol. The van der Waals surface area contributed by atoms with E-state index in [2.05, 4.69) is 72.9 Å². The third-order valence-electron chi connectivity index (χ3n) is 3.26. The SMILES string of the molecule is CCC(Cc1ccccc1)NCc1ccccc1. The van der Waals surface area contributed by atoms with E-state index in [1.807, 2.05) is 0 Å². The van der Waals surface area contributed by atoms with Gasteiger partial charge < -0.3 is 5.32 Å². The first-order chi connectivity index (χ1) is 8.88. The minimum atomic E-state index is 0.549. The van der Waals surface area contributed by atoms with Crippen molar-refractivity contribution in [2.75, 3.05) is 0 Å². The summed E-state index contributed by atoms with van der Waals surface area (Å²) in [5, 5.41) is 3.63. The van der Waals surface area contributed by atoms with Crippen LogP contribution in [0.25, 0.3) is 0 Å². The molecule has 0 aliphatic carbocycles. The second-order valence-corrected chi connectivity index (χ2v) is 4.66. The quantitative estimate of drug-likeness (QED) is 0.808. The van der Waals surface area contributed by atoms with Crippen LogP contribution in [0.2, 0.25) is 0 Å². The van der Waals surface area contributed by atoms with Crippen LogP contribution < -0.4 is 5.32 Å². The van der Waals surface area contributed by atoms with Gasteiger partial charge in [0.15, 0.2) is 0 Å². The summed E-state index contributed by atoms with van der Waals surface area (Å²) in [7, 11) is 0. The van der Waals surface area contributed by atoms with Crippen LogP contribution >= 0.6 is 0 Å². The standard InChI is InChI=1S/C17H21N/c1-2-17(13-15-9-5-3-6-10-15)18-14-16-11-7-4-8-12-16/h3-12,17-18H,2,13-14H2,1H3. The fourth-order valence-electron chi connectivity index (χ4n) is 2.12. The van der Waals surface area contributed by atoms with E-state index >= 15 is 0 Å². The molecule has 0 bridgehead atoms. The summed E-state index contributed by atoms with van der Waals surface area (Å²) in [5.41, 5.74) is 2.76. The van der Waals surface area contributed by atoms with Crippen LogP contribution in [-0.4, -0.2) is 6.04 Å². The Hall–Kier alpha value is -1.60. The van der Waals surface area contributed by atoms with Crippen LogP contribution in [0, 0.1) is 0 Å². The average molecular weight is 239 g/mol. The molecule has 2 aromatic rings. The van der Waals surface area contributed by atoms with Gasteiger partial charge in [0.05, 0.1) is 0 Å². The van der Waals surface area contributed by atoms with Gasteiger partial charge in [-0.25, -0.2) is 0 Å². The van der Waals surface area contributed by atoms with Crippen molar-refractivity contribution in [3.63, 3.8) is 0 Å². The average Bonchev–Trinajstić information content (AvgIpc) is 2.45. The molecule has 1 nitrogen and oxygen atoms in total. The van der Waals surface area contributed by atoms with Crippen molar-refractivity contribution in [1.29, 1.82) is 0 Å². The number of rotatable bonds is 6. The van der Waals surface area contributed by atoms with Crippen LogP contribution in [0.3, 0.4) is 0 Å². The zero-order valence-corrected chi connectivity index (χ0v) is 11.0. The molecule has 0 saturated carbocycles. The molecule has 0 radical (unpaired) electrons. The van der Waals surface area contributed by atoms with Crippen molar-refractivity contribution in [2.24, 2.45) is 0 Å². The lowest BCUT2D eigenvalue weighted by molar-refractivity contribution is 0.494. The Labute approximate surface area is 110 Å². The van der Waals surface area contributed by atoms with Crippen molar-refractivity contribution >= 4 is 0 Å². The second-order valence-electron chi connectivity index (χ2n) is 4.66. The molecular formula is C17H21N. The van der Waals surface area contributed by atoms with Crippen molar-refractivity contribution in [1.82, 2.24) is 5.32 Å². The van der Waals surface area contributed by atoms with E-state index in [9.17, 15) is 0 Å². The predicted octanol–water partition coefficient (Wildman–Crippen LogP) is 3.80. The van der Waals surface area contributed by atoms with Gasteiger partial charge in [0, 0.05) is 12.6 Å². The van der Waals surface area contributed by atoms with E-state index in [0.717, 1.165) is 19.4 Å². The summed E-state index contributed by atoms with van der Waals surface area (Å²) < 4.78 is 0. The maximum atomic E-state index is 3.63. The van der Waals surface area contributed by atoms with Gasteiger partial charge in [-0.1, -0.05) is 67.6 Å². The van der Waals surface area contributed by atoms with E-state index < -0.39 is 0 Å².